The molecule has 84 valence electrons. The highest BCUT2D eigenvalue weighted by Gasteiger charge is 2.23. The van der Waals surface area contributed by atoms with Crippen LogP contribution in [0.15, 0.2) is 12.1 Å². The zero-order valence-corrected chi connectivity index (χ0v) is 9.23. The van der Waals surface area contributed by atoms with E-state index >= 15 is 0 Å². The SMILES string of the molecule is NCCc1ccc(O)c(O[Br+2]([O-])[O-])c1O. The predicted octanol–water partition coefficient (Wildman–Crippen LogP) is -1.94. The minimum Gasteiger partial charge on any atom is -0.504 e. The molecule has 0 unspecified atom stereocenters. The van der Waals surface area contributed by atoms with Crippen molar-refractivity contribution in [1.29, 1.82) is 0 Å². The van der Waals surface area contributed by atoms with Crippen molar-refractivity contribution in [3.8, 4) is 17.2 Å². The Morgan fingerprint density at radius 3 is 2.53 bits per heavy atom. The van der Waals surface area contributed by atoms with Crippen molar-refractivity contribution < 1.29 is 37.3 Å². The summed E-state index contributed by atoms with van der Waals surface area (Å²) in [6, 6.07) is 2.69. The molecule has 7 heteroatoms. The Bertz CT molecular complexity index is 344. The van der Waals surface area contributed by atoms with Crippen LogP contribution in [0.3, 0.4) is 0 Å². The minimum absolute atomic E-state index is 0.296. The van der Waals surface area contributed by atoms with E-state index < -0.39 is 32.1 Å². The zero-order valence-electron chi connectivity index (χ0n) is 7.64. The third kappa shape index (κ3) is 2.96. The predicted molar refractivity (Wildman–Crippen MR) is 43.2 cm³/mol. The Hall–Kier alpha value is -1.02. The molecule has 0 fully saturated rings. The molecule has 0 bridgehead atoms. The fourth-order valence-corrected chi connectivity index (χ4v) is 1.68. The van der Waals surface area contributed by atoms with Crippen molar-refractivity contribution in [2.24, 2.45) is 5.73 Å². The van der Waals surface area contributed by atoms with Crippen LogP contribution >= 0.6 is 0 Å². The molecule has 1 aromatic carbocycles. The van der Waals surface area contributed by atoms with E-state index in [9.17, 15) is 18.6 Å². The quantitative estimate of drug-likeness (QED) is 0.590. The molecule has 6 nitrogen and oxygen atoms in total. The van der Waals surface area contributed by atoms with Gasteiger partial charge in [-0.15, -0.1) is 3.83 Å². The highest BCUT2D eigenvalue weighted by atomic mass is 80.0. The zero-order chi connectivity index (χ0) is 11.4. The lowest BCUT2D eigenvalue weighted by Gasteiger charge is -2.06. The van der Waals surface area contributed by atoms with E-state index in [1.807, 2.05) is 0 Å². The Kier molecular flexibility index (Phi) is 4.15. The minimum atomic E-state index is -3.53. The topological polar surface area (TPSA) is 122 Å². The molecule has 4 N–H and O–H groups in total. The van der Waals surface area contributed by atoms with Crippen LogP contribution in [0.1, 0.15) is 5.56 Å². The smallest absolute Gasteiger partial charge is 0.501 e. The third-order valence-electron chi connectivity index (χ3n) is 1.75. The van der Waals surface area contributed by atoms with Crippen LogP contribution in [-0.2, 0) is 6.42 Å². The molecule has 1 aromatic rings. The average molecular weight is 280 g/mol. The maximum absolute atomic E-state index is 10.3. The van der Waals surface area contributed by atoms with Crippen LogP contribution in [0.2, 0.25) is 0 Å². The number of phenolic OH excluding ortho intramolecular Hbond substituents is 2. The molecule has 0 aromatic heterocycles. The molecule has 0 aliphatic heterocycles. The number of nitrogens with two attached hydrogens (primary N) is 1. The fraction of sp³-hybridized carbons (Fsp3) is 0.250. The molecular formula is C8H10BrNO5. The summed E-state index contributed by atoms with van der Waals surface area (Å²) in [5, 5.41) is 18.8. The van der Waals surface area contributed by atoms with Crippen molar-refractivity contribution >= 4 is 0 Å². The van der Waals surface area contributed by atoms with E-state index in [1.54, 1.807) is 0 Å². The standard InChI is InChI=1S/C8H10BrNO5/c10-4-3-5-1-2-6(11)8(7(5)12)15-9(13)14/h1-2,11-12H,3-4,10H2. The molecule has 0 radical (unpaired) electrons. The molecule has 1 rings (SSSR count). The first-order valence-corrected chi connectivity index (χ1v) is 5.98. The summed E-state index contributed by atoms with van der Waals surface area (Å²) in [6.07, 6.45) is 0.364. The number of phenols is 2. The lowest BCUT2D eigenvalue weighted by Crippen LogP contribution is -2.36. The van der Waals surface area contributed by atoms with Crippen LogP contribution in [0, 0.1) is 14.8 Å². The van der Waals surface area contributed by atoms with Gasteiger partial charge in [-0.1, -0.05) is 6.07 Å². The summed E-state index contributed by atoms with van der Waals surface area (Å²) in [5.74, 6) is -1.26. The second-order valence-corrected chi connectivity index (χ2v) is 3.84. The van der Waals surface area contributed by atoms with Gasteiger partial charge < -0.3 is 24.3 Å². The van der Waals surface area contributed by atoms with Crippen molar-refractivity contribution in [2.75, 3.05) is 6.54 Å². The summed E-state index contributed by atoms with van der Waals surface area (Å²) in [7, 11) is 0. The lowest BCUT2D eigenvalue weighted by atomic mass is 10.1. The number of halogens is 1. The second-order valence-electron chi connectivity index (χ2n) is 2.73. The summed E-state index contributed by atoms with van der Waals surface area (Å²) in [4.78, 5) is 0. The van der Waals surface area contributed by atoms with E-state index in [4.69, 9.17) is 5.73 Å². The van der Waals surface area contributed by atoms with Gasteiger partial charge >= 0.3 is 20.6 Å². The van der Waals surface area contributed by atoms with Crippen LogP contribution in [0.25, 0.3) is 0 Å². The maximum atomic E-state index is 10.3. The van der Waals surface area contributed by atoms with Gasteiger partial charge in [0.2, 0.25) is 0 Å². The van der Waals surface area contributed by atoms with Gasteiger partial charge in [0.25, 0.3) is 0 Å². The molecule has 0 heterocycles. The van der Waals surface area contributed by atoms with Crippen molar-refractivity contribution in [2.45, 2.75) is 6.42 Å². The van der Waals surface area contributed by atoms with E-state index in [0.29, 0.717) is 18.5 Å². The van der Waals surface area contributed by atoms with Gasteiger partial charge in [0, 0.05) is 0 Å². The van der Waals surface area contributed by atoms with Crippen LogP contribution in [-0.4, -0.2) is 16.8 Å². The first kappa shape index (κ1) is 12.1. The van der Waals surface area contributed by atoms with Gasteiger partial charge in [0.05, 0.1) is 0 Å². The molecule has 0 spiro atoms. The normalized spacial score (nSPS) is 10.7. The van der Waals surface area contributed by atoms with Crippen LogP contribution in [0.4, 0.5) is 0 Å². The first-order chi connectivity index (χ1) is 7.06. The molecule has 0 saturated heterocycles. The van der Waals surface area contributed by atoms with Crippen molar-refractivity contribution in [1.82, 2.24) is 0 Å². The van der Waals surface area contributed by atoms with Gasteiger partial charge in [-0.2, -0.15) is 0 Å². The van der Waals surface area contributed by atoms with E-state index in [1.165, 1.54) is 12.1 Å². The molecule has 15 heavy (non-hydrogen) atoms. The van der Waals surface area contributed by atoms with Crippen LogP contribution < -0.4 is 18.0 Å². The Morgan fingerprint density at radius 1 is 1.33 bits per heavy atom. The van der Waals surface area contributed by atoms with Crippen molar-refractivity contribution in [3.63, 3.8) is 0 Å². The van der Waals surface area contributed by atoms with E-state index in [0.717, 1.165) is 0 Å². The highest BCUT2D eigenvalue weighted by Crippen LogP contribution is 2.38. The molecule has 0 aliphatic rings. The largest absolute Gasteiger partial charge is 0.504 e. The number of hydrogen-bond acceptors (Lipinski definition) is 6. The lowest BCUT2D eigenvalue weighted by molar-refractivity contribution is -1.62. The molecule has 0 amide bonds. The summed E-state index contributed by atoms with van der Waals surface area (Å²) in [6.45, 7) is 0.296. The fourth-order valence-electron chi connectivity index (χ4n) is 1.10. The molecule has 0 saturated carbocycles. The average Bonchev–Trinajstić information content (AvgIpc) is 2.17. The number of rotatable bonds is 4. The Morgan fingerprint density at radius 2 is 2.00 bits per heavy atom. The molecule has 0 aliphatic carbocycles. The second kappa shape index (κ2) is 5.17. The number of aromatic hydroxyl groups is 2. The molecular weight excluding hydrogens is 270 g/mol. The number of hydrogen-bond donors (Lipinski definition) is 3. The summed E-state index contributed by atoms with van der Waals surface area (Å²) >= 11 is -3.53. The van der Waals surface area contributed by atoms with Gasteiger partial charge in [-0.3, -0.25) is 0 Å². The van der Waals surface area contributed by atoms with Gasteiger partial charge in [0.1, 0.15) is 0 Å². The number of benzene rings is 1. The Labute approximate surface area is 91.4 Å². The van der Waals surface area contributed by atoms with Crippen LogP contribution in [0.5, 0.6) is 17.2 Å². The van der Waals surface area contributed by atoms with E-state index in [-0.39, 0.29) is 0 Å². The van der Waals surface area contributed by atoms with Gasteiger partial charge in [0.15, 0.2) is 11.5 Å². The van der Waals surface area contributed by atoms with E-state index in [2.05, 4.69) is 3.83 Å². The summed E-state index contributed by atoms with van der Waals surface area (Å²) in [5.41, 5.74) is 5.71. The molecule has 0 atom stereocenters. The third-order valence-corrected chi connectivity index (χ3v) is 2.34. The summed E-state index contributed by atoms with van der Waals surface area (Å²) < 4.78 is 25.0. The van der Waals surface area contributed by atoms with Gasteiger partial charge in [-0.05, 0) is 24.6 Å². The van der Waals surface area contributed by atoms with Crippen molar-refractivity contribution in [3.05, 3.63) is 17.7 Å². The monoisotopic (exact) mass is 279 g/mol. The Balaban J connectivity index is 3.06. The van der Waals surface area contributed by atoms with Gasteiger partial charge in [-0.25, -0.2) is 0 Å². The highest BCUT2D eigenvalue weighted by molar-refractivity contribution is 5.53. The first-order valence-electron chi connectivity index (χ1n) is 4.04. The maximum Gasteiger partial charge on any atom is 0.501 e.